The Morgan fingerprint density at radius 1 is 1.27 bits per heavy atom. The van der Waals surface area contributed by atoms with Gasteiger partial charge in [0.25, 0.3) is 0 Å². The highest BCUT2D eigenvalue weighted by Crippen LogP contribution is 2.25. The zero-order valence-electron chi connectivity index (χ0n) is 17.9. The van der Waals surface area contributed by atoms with Crippen LogP contribution in [0.25, 0.3) is 0 Å². The minimum atomic E-state index is -0.228. The normalized spacial score (nSPS) is 12.0. The molecule has 2 heterocycles. The molecule has 0 spiro atoms. The second-order valence-electron chi connectivity index (χ2n) is 6.27. The van der Waals surface area contributed by atoms with Gasteiger partial charge in [-0.2, -0.15) is 15.5 Å². The number of hydrogen-bond acceptors (Lipinski definition) is 6. The molecular weight excluding hydrogens is 378 g/mol. The van der Waals surface area contributed by atoms with Crippen molar-refractivity contribution in [3.63, 3.8) is 0 Å². The Morgan fingerprint density at radius 3 is 2.57 bits per heavy atom. The van der Waals surface area contributed by atoms with Gasteiger partial charge in [-0.15, -0.1) is 0 Å². The van der Waals surface area contributed by atoms with E-state index in [1.807, 2.05) is 62.6 Å². The molecule has 0 saturated heterocycles. The molecule has 0 fully saturated rings. The first-order valence-electron chi connectivity index (χ1n) is 9.96. The van der Waals surface area contributed by atoms with Crippen LogP contribution < -0.4 is 11.6 Å². The summed E-state index contributed by atoms with van der Waals surface area (Å²) < 4.78 is 9.04. The lowest BCUT2D eigenvalue weighted by molar-refractivity contribution is 0.0159. The minimum absolute atomic E-state index is 0.228. The molecule has 158 valence electrons. The lowest BCUT2D eigenvalue weighted by Gasteiger charge is -2.11. The van der Waals surface area contributed by atoms with Gasteiger partial charge in [0, 0.05) is 31.1 Å². The van der Waals surface area contributed by atoms with Crippen molar-refractivity contribution in [3.8, 4) is 6.07 Å². The molecule has 0 radical (unpaired) electrons. The largest absolute Gasteiger partial charge is 0.384 e. The van der Waals surface area contributed by atoms with Crippen LogP contribution in [0.4, 0.5) is 5.82 Å². The SMILES string of the molecule is CC.CCOC(C)n1cc(/C(=N/N)c2c(C#N)cn(Cc3ccccc3)c2N)cn1. The number of hydrogen-bond donors (Lipinski definition) is 2. The van der Waals surface area contributed by atoms with E-state index in [0.717, 1.165) is 5.56 Å². The maximum absolute atomic E-state index is 9.62. The van der Waals surface area contributed by atoms with Crippen LogP contribution in [0.3, 0.4) is 0 Å². The van der Waals surface area contributed by atoms with E-state index >= 15 is 0 Å². The molecule has 0 amide bonds. The highest BCUT2D eigenvalue weighted by atomic mass is 16.5. The van der Waals surface area contributed by atoms with E-state index in [1.54, 1.807) is 23.3 Å². The monoisotopic (exact) mass is 407 g/mol. The first kappa shape index (κ1) is 22.7. The Labute approximate surface area is 177 Å². The number of nitrogen functional groups attached to an aromatic ring is 1. The Balaban J connectivity index is 0.00000155. The number of ether oxygens (including phenoxy) is 1. The van der Waals surface area contributed by atoms with Gasteiger partial charge >= 0.3 is 0 Å². The van der Waals surface area contributed by atoms with Gasteiger partial charge in [0.2, 0.25) is 0 Å². The van der Waals surface area contributed by atoms with Crippen molar-refractivity contribution in [3.05, 3.63) is 71.2 Å². The molecule has 1 aromatic carbocycles. The number of hydrazone groups is 1. The van der Waals surface area contributed by atoms with Gasteiger partial charge in [0.15, 0.2) is 0 Å². The van der Waals surface area contributed by atoms with Gasteiger partial charge in [-0.1, -0.05) is 44.2 Å². The molecule has 0 bridgehead atoms. The van der Waals surface area contributed by atoms with Gasteiger partial charge in [-0.05, 0) is 19.4 Å². The second kappa shape index (κ2) is 10.8. The fraction of sp³-hybridized carbons (Fsp3) is 0.318. The quantitative estimate of drug-likeness (QED) is 0.353. The van der Waals surface area contributed by atoms with Crippen molar-refractivity contribution in [1.82, 2.24) is 14.3 Å². The third-order valence-electron chi connectivity index (χ3n) is 4.46. The summed E-state index contributed by atoms with van der Waals surface area (Å²) in [5.41, 5.74) is 9.44. The van der Waals surface area contributed by atoms with Crippen LogP contribution in [0, 0.1) is 11.3 Å². The van der Waals surface area contributed by atoms with E-state index in [4.69, 9.17) is 16.3 Å². The van der Waals surface area contributed by atoms with Crippen LogP contribution in [-0.2, 0) is 11.3 Å². The Bertz CT molecular complexity index is 1010. The third kappa shape index (κ3) is 4.88. The van der Waals surface area contributed by atoms with Crippen LogP contribution in [-0.4, -0.2) is 26.7 Å². The van der Waals surface area contributed by atoms with E-state index in [1.165, 1.54) is 0 Å². The second-order valence-corrected chi connectivity index (χ2v) is 6.27. The highest BCUT2D eigenvalue weighted by molar-refractivity contribution is 6.16. The lowest BCUT2D eigenvalue weighted by Crippen LogP contribution is -2.12. The molecule has 3 rings (SSSR count). The Morgan fingerprint density at radius 2 is 1.97 bits per heavy atom. The summed E-state index contributed by atoms with van der Waals surface area (Å²) >= 11 is 0. The van der Waals surface area contributed by atoms with Crippen molar-refractivity contribution in [2.45, 2.75) is 40.5 Å². The molecular formula is C22H29N7O. The average molecular weight is 408 g/mol. The number of rotatable bonds is 7. The fourth-order valence-corrected chi connectivity index (χ4v) is 3.08. The topological polar surface area (TPSA) is 120 Å². The zero-order valence-corrected chi connectivity index (χ0v) is 17.9. The molecule has 0 aliphatic carbocycles. The van der Waals surface area contributed by atoms with E-state index in [9.17, 15) is 5.26 Å². The van der Waals surface area contributed by atoms with Crippen molar-refractivity contribution in [2.75, 3.05) is 12.3 Å². The molecule has 2 aromatic heterocycles. The summed E-state index contributed by atoms with van der Waals surface area (Å²) in [6.07, 6.45) is 4.90. The molecule has 30 heavy (non-hydrogen) atoms. The molecule has 4 N–H and O–H groups in total. The van der Waals surface area contributed by atoms with Crippen LogP contribution in [0.1, 0.15) is 56.2 Å². The molecule has 8 heteroatoms. The summed E-state index contributed by atoms with van der Waals surface area (Å²) in [6, 6.07) is 12.1. The van der Waals surface area contributed by atoms with Gasteiger partial charge in [0.1, 0.15) is 23.8 Å². The average Bonchev–Trinajstić information content (AvgIpc) is 3.38. The Hall–Kier alpha value is -3.57. The number of nitriles is 1. The van der Waals surface area contributed by atoms with E-state index < -0.39 is 0 Å². The highest BCUT2D eigenvalue weighted by Gasteiger charge is 2.22. The summed E-state index contributed by atoms with van der Waals surface area (Å²) in [5.74, 6) is 6.11. The first-order chi connectivity index (χ1) is 14.6. The number of nitrogens with zero attached hydrogens (tertiary/aromatic N) is 5. The van der Waals surface area contributed by atoms with Crippen molar-refractivity contribution >= 4 is 11.5 Å². The maximum atomic E-state index is 9.62. The molecule has 1 atom stereocenters. The van der Waals surface area contributed by atoms with Crippen molar-refractivity contribution < 1.29 is 4.74 Å². The van der Waals surface area contributed by atoms with Gasteiger partial charge < -0.3 is 20.9 Å². The third-order valence-corrected chi connectivity index (χ3v) is 4.46. The standard InChI is InChI=1S/C20H23N7O.C2H6/c1-3-28-14(2)27-13-17(10-24-27)19(25-23)18-16(9-21)12-26(20(18)22)11-15-7-5-4-6-8-15;1-2/h4-8,10,12-14H,3,11,22-23H2,1-2H3;1-2H3/b25-19-;. The molecule has 0 aliphatic rings. The summed E-state index contributed by atoms with van der Waals surface area (Å²) in [7, 11) is 0. The molecule has 3 aromatic rings. The van der Waals surface area contributed by atoms with Crippen molar-refractivity contribution in [2.24, 2.45) is 10.9 Å². The minimum Gasteiger partial charge on any atom is -0.384 e. The first-order valence-corrected chi connectivity index (χ1v) is 9.96. The summed E-state index contributed by atoms with van der Waals surface area (Å²) in [6.45, 7) is 8.93. The molecule has 8 nitrogen and oxygen atoms in total. The van der Waals surface area contributed by atoms with Crippen LogP contribution in [0.5, 0.6) is 0 Å². The number of benzene rings is 1. The summed E-state index contributed by atoms with van der Waals surface area (Å²) in [4.78, 5) is 0. The van der Waals surface area contributed by atoms with Crippen LogP contribution >= 0.6 is 0 Å². The van der Waals surface area contributed by atoms with Crippen LogP contribution in [0.2, 0.25) is 0 Å². The van der Waals surface area contributed by atoms with Crippen molar-refractivity contribution in [1.29, 1.82) is 5.26 Å². The Kier molecular flexibility index (Phi) is 8.20. The number of nitrogens with two attached hydrogens (primary N) is 2. The molecule has 0 aliphatic heterocycles. The fourth-order valence-electron chi connectivity index (χ4n) is 3.08. The number of aromatic nitrogens is 3. The van der Waals surface area contributed by atoms with Gasteiger partial charge in [-0.25, -0.2) is 4.68 Å². The maximum Gasteiger partial charge on any atom is 0.147 e. The van der Waals surface area contributed by atoms with E-state index in [0.29, 0.717) is 41.4 Å². The van der Waals surface area contributed by atoms with E-state index in [2.05, 4.69) is 16.3 Å². The smallest absolute Gasteiger partial charge is 0.147 e. The zero-order chi connectivity index (χ0) is 22.1. The van der Waals surface area contributed by atoms with E-state index in [-0.39, 0.29) is 6.23 Å². The molecule has 0 saturated carbocycles. The molecule has 1 unspecified atom stereocenters. The predicted molar refractivity (Wildman–Crippen MR) is 119 cm³/mol. The van der Waals surface area contributed by atoms with Gasteiger partial charge in [0.05, 0.1) is 17.3 Å². The lowest BCUT2D eigenvalue weighted by atomic mass is 10.0. The van der Waals surface area contributed by atoms with Gasteiger partial charge in [-0.3, -0.25) is 0 Å². The predicted octanol–water partition coefficient (Wildman–Crippen LogP) is 3.48. The number of anilines is 1. The van der Waals surface area contributed by atoms with Crippen LogP contribution in [0.15, 0.2) is 54.0 Å². The summed E-state index contributed by atoms with van der Waals surface area (Å²) in [5, 5.41) is 17.9.